The molecule has 0 aliphatic rings. The first kappa shape index (κ1) is 8.04. The molecular weight excluding hydrogens is 214 g/mol. The molecule has 0 saturated heterocycles. The summed E-state index contributed by atoms with van der Waals surface area (Å²) in [6.45, 7) is 1.16. The van der Waals surface area contributed by atoms with Crippen LogP contribution in [0.1, 0.15) is 0 Å². The van der Waals surface area contributed by atoms with Crippen LogP contribution in [0.3, 0.4) is 0 Å². The van der Waals surface area contributed by atoms with E-state index < -0.39 is 0 Å². The number of nitrogens with two attached hydrogens (primary N) is 1. The highest BCUT2D eigenvalue weighted by atomic mass is 79.9. The van der Waals surface area contributed by atoms with Crippen LogP contribution in [0, 0.1) is 0 Å². The first-order valence-electron chi connectivity index (χ1n) is 2.91. The monoisotopic (exact) mass is 221 g/mol. The van der Waals surface area contributed by atoms with Crippen molar-refractivity contribution in [2.24, 2.45) is 5.73 Å². The van der Waals surface area contributed by atoms with Gasteiger partial charge in [-0.25, -0.2) is 0 Å². The number of halogens is 1. The predicted octanol–water partition coefficient (Wildman–Crippen LogP) is 1.85. The largest absolute Gasteiger partial charge is 0.483 e. The summed E-state index contributed by atoms with van der Waals surface area (Å²) in [5.74, 6) is 0. The Labute approximate surface area is 72.1 Å². The second-order valence-corrected chi connectivity index (χ2v) is 4.12. The second-order valence-electron chi connectivity index (χ2n) is 1.70. The third kappa shape index (κ3) is 2.28. The SMILES string of the molecule is NCCOc1ccc(Br)s1. The average molecular weight is 222 g/mol. The van der Waals surface area contributed by atoms with Crippen LogP contribution in [-0.4, -0.2) is 13.2 Å². The molecule has 0 aromatic carbocycles. The highest BCUT2D eigenvalue weighted by molar-refractivity contribution is 9.11. The quantitative estimate of drug-likeness (QED) is 0.846. The molecule has 0 aliphatic heterocycles. The highest BCUT2D eigenvalue weighted by Crippen LogP contribution is 2.28. The van der Waals surface area contributed by atoms with Gasteiger partial charge in [0.15, 0.2) is 5.06 Å². The van der Waals surface area contributed by atoms with Gasteiger partial charge in [-0.3, -0.25) is 0 Å². The van der Waals surface area contributed by atoms with Gasteiger partial charge in [0.1, 0.15) is 6.61 Å². The standard InChI is InChI=1S/C6H8BrNOS/c7-5-1-2-6(10-5)9-4-3-8/h1-2H,3-4,8H2. The molecule has 4 heteroatoms. The van der Waals surface area contributed by atoms with Crippen molar-refractivity contribution in [1.82, 2.24) is 0 Å². The van der Waals surface area contributed by atoms with Gasteiger partial charge in [-0.15, -0.1) is 0 Å². The van der Waals surface area contributed by atoms with Gasteiger partial charge < -0.3 is 10.5 Å². The van der Waals surface area contributed by atoms with Crippen LogP contribution >= 0.6 is 27.3 Å². The number of hydrogen-bond acceptors (Lipinski definition) is 3. The average Bonchev–Trinajstić information content (AvgIpc) is 2.31. The first-order chi connectivity index (χ1) is 4.83. The Bertz CT molecular complexity index is 201. The summed E-state index contributed by atoms with van der Waals surface area (Å²) in [6.07, 6.45) is 0. The van der Waals surface area contributed by atoms with Gasteiger partial charge in [0.2, 0.25) is 0 Å². The van der Waals surface area contributed by atoms with Crippen molar-refractivity contribution in [3.8, 4) is 5.06 Å². The molecule has 1 aromatic heterocycles. The molecule has 1 rings (SSSR count). The van der Waals surface area contributed by atoms with Crippen LogP contribution in [0.2, 0.25) is 0 Å². The minimum absolute atomic E-state index is 0.565. The maximum Gasteiger partial charge on any atom is 0.174 e. The Morgan fingerprint density at radius 1 is 1.60 bits per heavy atom. The Hall–Kier alpha value is -0.0600. The molecular formula is C6H8BrNOS. The molecule has 0 fully saturated rings. The number of rotatable bonds is 3. The van der Waals surface area contributed by atoms with Gasteiger partial charge in [0.25, 0.3) is 0 Å². The summed E-state index contributed by atoms with van der Waals surface area (Å²) in [6, 6.07) is 3.88. The zero-order valence-electron chi connectivity index (χ0n) is 5.34. The minimum atomic E-state index is 0.565. The van der Waals surface area contributed by atoms with Crippen molar-refractivity contribution < 1.29 is 4.74 Å². The molecule has 0 bridgehead atoms. The van der Waals surface area contributed by atoms with Crippen molar-refractivity contribution >= 4 is 27.3 Å². The molecule has 1 heterocycles. The number of hydrogen-bond donors (Lipinski definition) is 1. The van der Waals surface area contributed by atoms with Gasteiger partial charge in [-0.1, -0.05) is 11.3 Å². The lowest BCUT2D eigenvalue weighted by Gasteiger charge is -1.97. The van der Waals surface area contributed by atoms with Gasteiger partial charge in [-0.05, 0) is 28.1 Å². The fourth-order valence-electron chi connectivity index (χ4n) is 0.535. The molecule has 0 radical (unpaired) electrons. The predicted molar refractivity (Wildman–Crippen MR) is 46.6 cm³/mol. The van der Waals surface area contributed by atoms with Crippen molar-refractivity contribution in [2.75, 3.05) is 13.2 Å². The maximum absolute atomic E-state index is 5.25. The summed E-state index contributed by atoms with van der Waals surface area (Å²) >= 11 is 4.90. The van der Waals surface area contributed by atoms with Crippen LogP contribution in [-0.2, 0) is 0 Å². The van der Waals surface area contributed by atoms with Gasteiger partial charge >= 0.3 is 0 Å². The van der Waals surface area contributed by atoms with Crippen LogP contribution in [0.4, 0.5) is 0 Å². The zero-order chi connectivity index (χ0) is 7.40. The van der Waals surface area contributed by atoms with Crippen LogP contribution in [0.5, 0.6) is 5.06 Å². The van der Waals surface area contributed by atoms with Crippen molar-refractivity contribution in [1.29, 1.82) is 0 Å². The molecule has 0 saturated carbocycles. The van der Waals surface area contributed by atoms with E-state index >= 15 is 0 Å². The smallest absolute Gasteiger partial charge is 0.174 e. The molecule has 1 aromatic rings. The summed E-state index contributed by atoms with van der Waals surface area (Å²) in [5.41, 5.74) is 5.25. The summed E-state index contributed by atoms with van der Waals surface area (Å²) in [4.78, 5) is 0. The Kier molecular flexibility index (Phi) is 3.18. The molecule has 2 nitrogen and oxygen atoms in total. The molecule has 0 amide bonds. The van der Waals surface area contributed by atoms with E-state index in [1.165, 1.54) is 0 Å². The van der Waals surface area contributed by atoms with Gasteiger partial charge in [0, 0.05) is 6.54 Å². The maximum atomic E-state index is 5.25. The van der Waals surface area contributed by atoms with Crippen molar-refractivity contribution in [3.05, 3.63) is 15.9 Å². The fraction of sp³-hybridized carbons (Fsp3) is 0.333. The minimum Gasteiger partial charge on any atom is -0.483 e. The molecule has 2 N–H and O–H groups in total. The van der Waals surface area contributed by atoms with Crippen molar-refractivity contribution in [2.45, 2.75) is 0 Å². The summed E-state index contributed by atoms with van der Waals surface area (Å²) < 4.78 is 6.32. The van der Waals surface area contributed by atoms with Crippen molar-refractivity contribution in [3.63, 3.8) is 0 Å². The Morgan fingerprint density at radius 3 is 2.90 bits per heavy atom. The Morgan fingerprint density at radius 2 is 2.40 bits per heavy atom. The van der Waals surface area contributed by atoms with E-state index in [1.54, 1.807) is 11.3 Å². The first-order valence-corrected chi connectivity index (χ1v) is 4.52. The lowest BCUT2D eigenvalue weighted by atomic mass is 10.6. The topological polar surface area (TPSA) is 35.2 Å². The lowest BCUT2D eigenvalue weighted by molar-refractivity contribution is 0.338. The third-order valence-corrected chi connectivity index (χ3v) is 2.45. The number of ether oxygens (including phenoxy) is 1. The van der Waals surface area contributed by atoms with E-state index in [4.69, 9.17) is 10.5 Å². The molecule has 56 valence electrons. The molecule has 0 atom stereocenters. The zero-order valence-corrected chi connectivity index (χ0v) is 7.74. The van der Waals surface area contributed by atoms with E-state index in [0.29, 0.717) is 13.2 Å². The fourth-order valence-corrected chi connectivity index (χ4v) is 1.75. The van der Waals surface area contributed by atoms with E-state index in [1.807, 2.05) is 12.1 Å². The van der Waals surface area contributed by atoms with E-state index in [0.717, 1.165) is 8.85 Å². The van der Waals surface area contributed by atoms with E-state index in [9.17, 15) is 0 Å². The van der Waals surface area contributed by atoms with Crippen LogP contribution in [0.15, 0.2) is 15.9 Å². The highest BCUT2D eigenvalue weighted by Gasteiger charge is 1.95. The van der Waals surface area contributed by atoms with Crippen LogP contribution < -0.4 is 10.5 Å². The van der Waals surface area contributed by atoms with Crippen LogP contribution in [0.25, 0.3) is 0 Å². The molecule has 0 spiro atoms. The summed E-state index contributed by atoms with van der Waals surface area (Å²) in [5, 5.41) is 0.914. The summed E-state index contributed by atoms with van der Waals surface area (Å²) in [7, 11) is 0. The molecule has 0 unspecified atom stereocenters. The molecule has 0 aliphatic carbocycles. The van der Waals surface area contributed by atoms with Gasteiger partial charge in [0.05, 0.1) is 3.79 Å². The normalized spacial score (nSPS) is 9.80. The molecule has 10 heavy (non-hydrogen) atoms. The second kappa shape index (κ2) is 3.95. The van der Waals surface area contributed by atoms with E-state index in [-0.39, 0.29) is 0 Å². The Balaban J connectivity index is 2.42. The number of thiophene rings is 1. The van der Waals surface area contributed by atoms with E-state index in [2.05, 4.69) is 15.9 Å². The lowest BCUT2D eigenvalue weighted by Crippen LogP contribution is -2.09. The van der Waals surface area contributed by atoms with Gasteiger partial charge in [-0.2, -0.15) is 0 Å². The third-order valence-electron chi connectivity index (χ3n) is 0.911.